The van der Waals surface area contributed by atoms with Crippen LogP contribution in [-0.4, -0.2) is 19.8 Å². The molecule has 0 amide bonds. The summed E-state index contributed by atoms with van der Waals surface area (Å²) in [5, 5.41) is 0.817. The van der Waals surface area contributed by atoms with E-state index in [1.165, 1.54) is 12.0 Å². The van der Waals surface area contributed by atoms with Crippen molar-refractivity contribution in [2.45, 2.75) is 25.1 Å². The first-order chi connectivity index (χ1) is 8.27. The van der Waals surface area contributed by atoms with Gasteiger partial charge in [0, 0.05) is 16.4 Å². The fraction of sp³-hybridized carbons (Fsp3) is 0.538. The highest BCUT2D eigenvalue weighted by molar-refractivity contribution is 9.10. The van der Waals surface area contributed by atoms with Crippen LogP contribution in [0, 0.1) is 0 Å². The van der Waals surface area contributed by atoms with Gasteiger partial charge in [0.05, 0.1) is 6.61 Å². The van der Waals surface area contributed by atoms with Gasteiger partial charge in [0.2, 0.25) is 0 Å². The highest BCUT2D eigenvalue weighted by atomic mass is 79.9. The van der Waals surface area contributed by atoms with Gasteiger partial charge in [-0.3, -0.25) is 0 Å². The topological polar surface area (TPSA) is 18.5 Å². The third kappa shape index (κ3) is 5.89. The average Bonchev–Trinajstić information content (AvgIpc) is 2.35. The normalized spacial score (nSPS) is 10.5. The number of unbranched alkanes of at least 4 members (excludes halogenated alkanes) is 1. The third-order valence-electron chi connectivity index (χ3n) is 2.30. The maximum atomic E-state index is 5.62. The van der Waals surface area contributed by atoms with Gasteiger partial charge in [0.15, 0.2) is 0 Å². The molecule has 0 fully saturated rings. The fourth-order valence-electron chi connectivity index (χ4n) is 1.31. The van der Waals surface area contributed by atoms with Crippen LogP contribution in [0.25, 0.3) is 0 Å². The molecule has 96 valence electrons. The number of hydrogen-bond donors (Lipinski definition) is 0. The van der Waals surface area contributed by atoms with Gasteiger partial charge >= 0.3 is 0 Å². The van der Waals surface area contributed by atoms with Crippen molar-refractivity contribution in [3.05, 3.63) is 28.2 Å². The summed E-state index contributed by atoms with van der Waals surface area (Å²) in [5.74, 6) is 0.891. The molecule has 0 aliphatic carbocycles. The van der Waals surface area contributed by atoms with Crippen LogP contribution in [0.2, 0.25) is 0 Å². The average molecular weight is 366 g/mol. The number of ether oxygens (including phenoxy) is 2. The summed E-state index contributed by atoms with van der Waals surface area (Å²) in [5.41, 5.74) is 1.19. The molecule has 4 heteroatoms. The van der Waals surface area contributed by atoms with Gasteiger partial charge in [-0.25, -0.2) is 0 Å². The second-order valence-corrected chi connectivity index (χ2v) is 5.12. The minimum absolute atomic E-state index is 0.604. The Bertz CT molecular complexity index is 329. The molecule has 0 aliphatic rings. The van der Waals surface area contributed by atoms with Crippen molar-refractivity contribution < 1.29 is 9.47 Å². The number of halogens is 2. The quantitative estimate of drug-likeness (QED) is 0.497. The van der Waals surface area contributed by atoms with Crippen LogP contribution in [0.15, 0.2) is 22.7 Å². The van der Waals surface area contributed by atoms with E-state index in [2.05, 4.69) is 38.8 Å². The molecule has 0 spiro atoms. The highest BCUT2D eigenvalue weighted by Crippen LogP contribution is 2.24. The summed E-state index contributed by atoms with van der Waals surface area (Å²) >= 11 is 6.93. The van der Waals surface area contributed by atoms with Crippen LogP contribution < -0.4 is 4.74 Å². The fourth-order valence-corrected chi connectivity index (χ4v) is 2.54. The van der Waals surface area contributed by atoms with Crippen molar-refractivity contribution >= 4 is 31.9 Å². The third-order valence-corrected chi connectivity index (χ3v) is 3.68. The molecule has 0 aromatic heterocycles. The van der Waals surface area contributed by atoms with E-state index in [9.17, 15) is 0 Å². The minimum atomic E-state index is 0.604. The second-order valence-electron chi connectivity index (χ2n) is 3.70. The van der Waals surface area contributed by atoms with E-state index in [0.717, 1.165) is 28.6 Å². The monoisotopic (exact) mass is 364 g/mol. The van der Waals surface area contributed by atoms with Crippen LogP contribution >= 0.6 is 31.9 Å². The van der Waals surface area contributed by atoms with E-state index in [1.54, 1.807) is 0 Å². The van der Waals surface area contributed by atoms with E-state index in [1.807, 2.05) is 18.2 Å². The van der Waals surface area contributed by atoms with Gasteiger partial charge in [-0.1, -0.05) is 45.2 Å². The Morgan fingerprint density at radius 2 is 2.00 bits per heavy atom. The molecule has 1 rings (SSSR count). The van der Waals surface area contributed by atoms with Crippen LogP contribution in [0.1, 0.15) is 25.3 Å². The van der Waals surface area contributed by atoms with Crippen molar-refractivity contribution in [2.24, 2.45) is 0 Å². The highest BCUT2D eigenvalue weighted by Gasteiger charge is 2.01. The lowest BCUT2D eigenvalue weighted by molar-refractivity contribution is 0.0980. The first-order valence-corrected chi connectivity index (χ1v) is 7.74. The SMILES string of the molecule is CCCCOCCOc1ccc(Br)c(CBr)c1. The Kier molecular flexibility index (Phi) is 7.90. The van der Waals surface area contributed by atoms with Crippen molar-refractivity contribution in [1.29, 1.82) is 0 Å². The van der Waals surface area contributed by atoms with Gasteiger partial charge in [-0.05, 0) is 30.2 Å². The van der Waals surface area contributed by atoms with E-state index in [-0.39, 0.29) is 0 Å². The zero-order valence-corrected chi connectivity index (χ0v) is 13.2. The molecule has 0 aliphatic heterocycles. The maximum absolute atomic E-state index is 5.62. The summed E-state index contributed by atoms with van der Waals surface area (Å²) in [6.07, 6.45) is 2.29. The van der Waals surface area contributed by atoms with Crippen molar-refractivity contribution in [3.8, 4) is 5.75 Å². The smallest absolute Gasteiger partial charge is 0.119 e. The Morgan fingerprint density at radius 1 is 1.18 bits per heavy atom. The van der Waals surface area contributed by atoms with Crippen molar-refractivity contribution in [1.82, 2.24) is 0 Å². The zero-order chi connectivity index (χ0) is 12.5. The summed E-state index contributed by atoms with van der Waals surface area (Å²) in [6.45, 7) is 4.24. The molecular weight excluding hydrogens is 348 g/mol. The number of hydrogen-bond acceptors (Lipinski definition) is 2. The summed E-state index contributed by atoms with van der Waals surface area (Å²) < 4.78 is 12.1. The Balaban J connectivity index is 2.27. The first-order valence-electron chi connectivity index (χ1n) is 5.83. The lowest BCUT2D eigenvalue weighted by atomic mass is 10.2. The predicted octanol–water partition coefficient (Wildman–Crippen LogP) is 4.54. The number of benzene rings is 1. The molecule has 0 atom stereocenters. The second kappa shape index (κ2) is 8.95. The van der Waals surface area contributed by atoms with Gasteiger partial charge in [0.1, 0.15) is 12.4 Å². The van der Waals surface area contributed by atoms with Gasteiger partial charge < -0.3 is 9.47 Å². The lowest BCUT2D eigenvalue weighted by Gasteiger charge is -2.09. The van der Waals surface area contributed by atoms with Gasteiger partial charge in [-0.15, -0.1) is 0 Å². The van der Waals surface area contributed by atoms with Crippen LogP contribution in [-0.2, 0) is 10.1 Å². The molecule has 17 heavy (non-hydrogen) atoms. The van der Waals surface area contributed by atoms with E-state index >= 15 is 0 Å². The molecule has 0 radical (unpaired) electrons. The van der Waals surface area contributed by atoms with Crippen molar-refractivity contribution in [3.63, 3.8) is 0 Å². The zero-order valence-electron chi connectivity index (χ0n) is 10.0. The van der Waals surface area contributed by atoms with E-state index in [4.69, 9.17) is 9.47 Å². The molecule has 0 N–H and O–H groups in total. The molecule has 0 saturated carbocycles. The summed E-state index contributed by atoms with van der Waals surface area (Å²) in [7, 11) is 0. The largest absolute Gasteiger partial charge is 0.491 e. The molecule has 0 saturated heterocycles. The molecular formula is C13H18Br2O2. The molecule has 0 unspecified atom stereocenters. The summed E-state index contributed by atoms with van der Waals surface area (Å²) in [4.78, 5) is 0. The Morgan fingerprint density at radius 3 is 2.71 bits per heavy atom. The molecule has 1 aromatic rings. The standard InChI is InChI=1S/C13H18Br2O2/c1-2-3-6-16-7-8-17-12-4-5-13(15)11(9-12)10-14/h4-5,9H,2-3,6-8,10H2,1H3. The van der Waals surface area contributed by atoms with E-state index < -0.39 is 0 Å². The molecule has 1 aromatic carbocycles. The molecule has 0 heterocycles. The lowest BCUT2D eigenvalue weighted by Crippen LogP contribution is -2.07. The number of rotatable bonds is 8. The minimum Gasteiger partial charge on any atom is -0.491 e. The van der Waals surface area contributed by atoms with Crippen LogP contribution in [0.5, 0.6) is 5.75 Å². The van der Waals surface area contributed by atoms with Crippen LogP contribution in [0.4, 0.5) is 0 Å². The first kappa shape index (κ1) is 15.0. The van der Waals surface area contributed by atoms with Gasteiger partial charge in [-0.2, -0.15) is 0 Å². The number of alkyl halides is 1. The van der Waals surface area contributed by atoms with Gasteiger partial charge in [0.25, 0.3) is 0 Å². The molecule has 2 nitrogen and oxygen atoms in total. The predicted molar refractivity (Wildman–Crippen MR) is 78.0 cm³/mol. The Hall–Kier alpha value is -0.0600. The summed E-state index contributed by atoms with van der Waals surface area (Å²) in [6, 6.07) is 6.00. The molecule has 0 bridgehead atoms. The Labute approximate surface area is 120 Å². The van der Waals surface area contributed by atoms with E-state index in [0.29, 0.717) is 13.2 Å². The maximum Gasteiger partial charge on any atom is 0.119 e. The van der Waals surface area contributed by atoms with Crippen LogP contribution in [0.3, 0.4) is 0 Å². The van der Waals surface area contributed by atoms with Crippen molar-refractivity contribution in [2.75, 3.05) is 19.8 Å².